The van der Waals surface area contributed by atoms with Gasteiger partial charge in [-0.1, -0.05) is 60.2 Å². The molecule has 0 aromatic heterocycles. The first kappa shape index (κ1) is 28.8. The molecular weight excluding hydrogens is 505 g/mol. The first-order valence-electron chi connectivity index (χ1n) is 12.3. The van der Waals surface area contributed by atoms with Crippen LogP contribution in [0.2, 0.25) is 0 Å². The molecule has 1 atom stereocenters. The lowest BCUT2D eigenvalue weighted by molar-refractivity contribution is -0.140. The number of aryl methyl sites for hydroxylation is 1. The molecule has 0 saturated carbocycles. The number of carbonyl (C=O) groups is 2. The monoisotopic (exact) mass is 539 g/mol. The Morgan fingerprint density at radius 2 is 1.58 bits per heavy atom. The van der Waals surface area contributed by atoms with Gasteiger partial charge in [-0.2, -0.15) is 0 Å². The van der Waals surface area contributed by atoms with Crippen LogP contribution >= 0.6 is 0 Å². The Labute approximate surface area is 224 Å². The van der Waals surface area contributed by atoms with Crippen LogP contribution in [0.4, 0.5) is 10.1 Å². The Kier molecular flexibility index (Phi) is 8.93. The molecule has 38 heavy (non-hydrogen) atoms. The van der Waals surface area contributed by atoms with E-state index in [0.29, 0.717) is 0 Å². The predicted octanol–water partition coefficient (Wildman–Crippen LogP) is 4.66. The van der Waals surface area contributed by atoms with E-state index in [1.807, 2.05) is 52.0 Å². The second kappa shape index (κ2) is 11.8. The molecule has 0 radical (unpaired) electrons. The number of halogens is 1. The number of para-hydroxylation sites is 1. The molecule has 9 heteroatoms. The quantitative estimate of drug-likeness (QED) is 0.429. The molecule has 3 aromatic carbocycles. The highest BCUT2D eigenvalue weighted by molar-refractivity contribution is 7.92. The smallest absolute Gasteiger partial charge is 0.264 e. The largest absolute Gasteiger partial charge is 0.350 e. The number of benzene rings is 3. The highest BCUT2D eigenvalue weighted by atomic mass is 32.2. The molecule has 0 fully saturated rings. The van der Waals surface area contributed by atoms with Crippen LogP contribution in [0.1, 0.15) is 38.8 Å². The molecule has 0 spiro atoms. The van der Waals surface area contributed by atoms with Crippen LogP contribution in [0.5, 0.6) is 0 Å². The highest BCUT2D eigenvalue weighted by Gasteiger charge is 2.34. The lowest BCUT2D eigenvalue weighted by Crippen LogP contribution is -2.54. The maximum absolute atomic E-state index is 14.9. The summed E-state index contributed by atoms with van der Waals surface area (Å²) >= 11 is 0. The fourth-order valence-corrected chi connectivity index (χ4v) is 5.39. The van der Waals surface area contributed by atoms with Crippen molar-refractivity contribution < 1.29 is 22.4 Å². The molecule has 0 heterocycles. The molecule has 0 aliphatic carbocycles. The summed E-state index contributed by atoms with van der Waals surface area (Å²) < 4.78 is 43.0. The molecule has 7 nitrogen and oxygen atoms in total. The van der Waals surface area contributed by atoms with Crippen LogP contribution in [0, 0.1) is 12.7 Å². The zero-order valence-corrected chi connectivity index (χ0v) is 23.1. The molecule has 1 N–H and O–H groups in total. The van der Waals surface area contributed by atoms with Crippen LogP contribution in [0.3, 0.4) is 0 Å². The second-order valence-electron chi connectivity index (χ2n) is 10.2. The van der Waals surface area contributed by atoms with Gasteiger partial charge in [0, 0.05) is 12.1 Å². The van der Waals surface area contributed by atoms with Gasteiger partial charge < -0.3 is 10.2 Å². The van der Waals surface area contributed by atoms with E-state index in [0.717, 1.165) is 21.5 Å². The lowest BCUT2D eigenvalue weighted by Gasteiger charge is -2.33. The number of amides is 2. The van der Waals surface area contributed by atoms with E-state index >= 15 is 0 Å². The van der Waals surface area contributed by atoms with Gasteiger partial charge in [-0.3, -0.25) is 13.9 Å². The Balaban J connectivity index is 2.04. The van der Waals surface area contributed by atoms with Crippen LogP contribution < -0.4 is 9.62 Å². The van der Waals surface area contributed by atoms with Gasteiger partial charge in [0.05, 0.1) is 10.6 Å². The average molecular weight is 540 g/mol. The minimum absolute atomic E-state index is 0.0652. The first-order valence-corrected chi connectivity index (χ1v) is 13.7. The summed E-state index contributed by atoms with van der Waals surface area (Å²) in [5.74, 6) is -1.82. The molecule has 202 valence electrons. The van der Waals surface area contributed by atoms with Crippen molar-refractivity contribution in [3.05, 3.63) is 95.8 Å². The average Bonchev–Trinajstić information content (AvgIpc) is 2.85. The molecule has 0 aliphatic rings. The number of hydrogen-bond acceptors (Lipinski definition) is 4. The van der Waals surface area contributed by atoms with E-state index in [4.69, 9.17) is 0 Å². The van der Waals surface area contributed by atoms with E-state index in [-0.39, 0.29) is 23.0 Å². The zero-order valence-electron chi connectivity index (χ0n) is 22.3. The second-order valence-corrected chi connectivity index (χ2v) is 12.1. The summed E-state index contributed by atoms with van der Waals surface area (Å²) in [5, 5.41) is 2.88. The maximum Gasteiger partial charge on any atom is 0.264 e. The molecule has 0 bridgehead atoms. The van der Waals surface area contributed by atoms with Crippen molar-refractivity contribution in [2.45, 2.75) is 57.6 Å². The van der Waals surface area contributed by atoms with Crippen LogP contribution in [-0.2, 0) is 26.2 Å². The van der Waals surface area contributed by atoms with Crippen molar-refractivity contribution in [2.24, 2.45) is 0 Å². The fourth-order valence-electron chi connectivity index (χ4n) is 3.95. The van der Waals surface area contributed by atoms with Crippen molar-refractivity contribution in [2.75, 3.05) is 10.8 Å². The summed E-state index contributed by atoms with van der Waals surface area (Å²) in [6, 6.07) is 19.5. The van der Waals surface area contributed by atoms with E-state index in [1.54, 1.807) is 25.1 Å². The van der Waals surface area contributed by atoms with Gasteiger partial charge in [0.25, 0.3) is 10.0 Å². The van der Waals surface area contributed by atoms with Gasteiger partial charge in [0.1, 0.15) is 18.4 Å². The normalized spacial score (nSPS) is 12.5. The molecule has 0 aliphatic heterocycles. The zero-order chi connectivity index (χ0) is 28.1. The van der Waals surface area contributed by atoms with Crippen LogP contribution in [0.15, 0.2) is 83.8 Å². The standard InChI is InChI=1S/C29H34FN3O4S/c1-21-12-11-13-23(18-21)19-32(22(2)28(35)31-29(3,4)5)27(34)20-33(26-17-10-9-16-25(26)30)38(36,37)24-14-7-6-8-15-24/h6-18,22H,19-20H2,1-5H3,(H,31,35)/t22-/m0/s1. The van der Waals surface area contributed by atoms with Crippen molar-refractivity contribution in [1.29, 1.82) is 0 Å². The predicted molar refractivity (Wildman–Crippen MR) is 146 cm³/mol. The minimum Gasteiger partial charge on any atom is -0.350 e. The van der Waals surface area contributed by atoms with Crippen LogP contribution in [0.25, 0.3) is 0 Å². The number of hydrogen-bond donors (Lipinski definition) is 1. The summed E-state index contributed by atoms with van der Waals surface area (Å²) in [6.45, 7) is 8.36. The topological polar surface area (TPSA) is 86.8 Å². The highest BCUT2D eigenvalue weighted by Crippen LogP contribution is 2.27. The van der Waals surface area contributed by atoms with E-state index in [1.165, 1.54) is 35.2 Å². The van der Waals surface area contributed by atoms with Gasteiger partial charge in [-0.25, -0.2) is 12.8 Å². The fraction of sp³-hybridized carbons (Fsp3) is 0.310. The molecule has 0 unspecified atom stereocenters. The van der Waals surface area contributed by atoms with Crippen molar-refractivity contribution >= 4 is 27.5 Å². The van der Waals surface area contributed by atoms with Gasteiger partial charge in [0.15, 0.2) is 0 Å². The van der Waals surface area contributed by atoms with E-state index in [2.05, 4.69) is 5.32 Å². The molecule has 0 saturated heterocycles. The van der Waals surface area contributed by atoms with Gasteiger partial charge >= 0.3 is 0 Å². The third-order valence-electron chi connectivity index (χ3n) is 5.83. The van der Waals surface area contributed by atoms with Gasteiger partial charge in [0.2, 0.25) is 11.8 Å². The number of nitrogens with one attached hydrogen (secondary N) is 1. The summed E-state index contributed by atoms with van der Waals surface area (Å²) in [4.78, 5) is 28.2. The molecule has 3 rings (SSSR count). The number of carbonyl (C=O) groups excluding carboxylic acids is 2. The number of nitrogens with zero attached hydrogens (tertiary/aromatic N) is 2. The Bertz CT molecular complexity index is 1390. The third kappa shape index (κ3) is 7.19. The van der Waals surface area contributed by atoms with E-state index < -0.39 is 39.9 Å². The lowest BCUT2D eigenvalue weighted by atomic mass is 10.1. The number of rotatable bonds is 9. The maximum atomic E-state index is 14.9. The third-order valence-corrected chi connectivity index (χ3v) is 7.61. The molecular formula is C29H34FN3O4S. The SMILES string of the molecule is Cc1cccc(CN(C(=O)CN(c2ccccc2F)S(=O)(=O)c2ccccc2)[C@@H](C)C(=O)NC(C)(C)C)c1. The Morgan fingerprint density at radius 3 is 2.18 bits per heavy atom. The van der Waals surface area contributed by atoms with E-state index in [9.17, 15) is 22.4 Å². The summed E-state index contributed by atoms with van der Waals surface area (Å²) in [7, 11) is -4.31. The molecule has 2 amide bonds. The van der Waals surface area contributed by atoms with Crippen molar-refractivity contribution in [3.63, 3.8) is 0 Å². The summed E-state index contributed by atoms with van der Waals surface area (Å²) in [5.41, 5.74) is 0.949. The van der Waals surface area contributed by atoms with Crippen LogP contribution in [-0.4, -0.2) is 43.3 Å². The number of anilines is 1. The van der Waals surface area contributed by atoms with Gasteiger partial charge in [-0.05, 0) is 64.4 Å². The van der Waals surface area contributed by atoms with Crippen molar-refractivity contribution in [3.8, 4) is 0 Å². The first-order chi connectivity index (χ1) is 17.8. The van der Waals surface area contributed by atoms with Gasteiger partial charge in [-0.15, -0.1) is 0 Å². The molecule has 3 aromatic rings. The van der Waals surface area contributed by atoms with Crippen molar-refractivity contribution in [1.82, 2.24) is 10.2 Å². The Morgan fingerprint density at radius 1 is 0.947 bits per heavy atom. The number of sulfonamides is 1. The Hall–Kier alpha value is -3.72. The summed E-state index contributed by atoms with van der Waals surface area (Å²) in [6.07, 6.45) is 0. The minimum atomic E-state index is -4.31.